The molecule has 1 N–H and O–H groups in total. The van der Waals surface area contributed by atoms with Gasteiger partial charge in [0.05, 0.1) is 0 Å². The SMILES string of the molecule is Br.Br.BrCCCN1CCNCC1. The molecule has 1 fully saturated rings. The molecule has 0 atom stereocenters. The Hall–Kier alpha value is 1.36. The maximum Gasteiger partial charge on any atom is 0.0107 e. The molecule has 0 amide bonds. The van der Waals surface area contributed by atoms with Crippen molar-refractivity contribution in [3.63, 3.8) is 0 Å². The smallest absolute Gasteiger partial charge is 0.0107 e. The van der Waals surface area contributed by atoms with Gasteiger partial charge in [0.1, 0.15) is 0 Å². The Morgan fingerprint density at radius 3 is 2.25 bits per heavy atom. The molecule has 0 spiro atoms. The van der Waals surface area contributed by atoms with Gasteiger partial charge in [-0.25, -0.2) is 0 Å². The van der Waals surface area contributed by atoms with Crippen LogP contribution in [0.25, 0.3) is 0 Å². The largest absolute Gasteiger partial charge is 0.314 e. The Morgan fingerprint density at radius 1 is 1.17 bits per heavy atom. The number of piperazine rings is 1. The molecule has 2 nitrogen and oxygen atoms in total. The van der Waals surface area contributed by atoms with Crippen LogP contribution in [0.3, 0.4) is 0 Å². The normalized spacial score (nSPS) is 17.8. The monoisotopic (exact) mass is 366 g/mol. The zero-order valence-electron chi connectivity index (χ0n) is 7.09. The van der Waals surface area contributed by atoms with Crippen LogP contribution in [0.1, 0.15) is 6.42 Å². The van der Waals surface area contributed by atoms with Crippen molar-refractivity contribution in [1.29, 1.82) is 0 Å². The molecule has 0 radical (unpaired) electrons. The minimum Gasteiger partial charge on any atom is -0.314 e. The second-order valence-corrected chi connectivity index (χ2v) is 3.43. The molecule has 1 saturated heterocycles. The summed E-state index contributed by atoms with van der Waals surface area (Å²) in [6, 6.07) is 0. The number of rotatable bonds is 3. The van der Waals surface area contributed by atoms with Gasteiger partial charge in [0.2, 0.25) is 0 Å². The van der Waals surface area contributed by atoms with E-state index in [2.05, 4.69) is 26.1 Å². The summed E-state index contributed by atoms with van der Waals surface area (Å²) in [5, 5.41) is 4.47. The average molecular weight is 369 g/mol. The molecule has 1 rings (SSSR count). The first-order valence-corrected chi connectivity index (χ1v) is 5.04. The third-order valence-electron chi connectivity index (χ3n) is 1.82. The van der Waals surface area contributed by atoms with E-state index in [1.54, 1.807) is 0 Å². The maximum absolute atomic E-state index is 3.43. The fourth-order valence-corrected chi connectivity index (χ4v) is 1.47. The van der Waals surface area contributed by atoms with E-state index in [1.165, 1.54) is 39.1 Å². The van der Waals surface area contributed by atoms with Crippen molar-refractivity contribution in [1.82, 2.24) is 10.2 Å². The Bertz CT molecular complexity index is 86.7. The van der Waals surface area contributed by atoms with Gasteiger partial charge in [-0.3, -0.25) is 0 Å². The molecular weight excluding hydrogens is 352 g/mol. The van der Waals surface area contributed by atoms with E-state index in [4.69, 9.17) is 0 Å². The number of nitrogens with zero attached hydrogens (tertiary/aromatic N) is 1. The predicted molar refractivity (Wildman–Crippen MR) is 68.4 cm³/mol. The summed E-state index contributed by atoms with van der Waals surface area (Å²) < 4.78 is 0. The zero-order valence-corrected chi connectivity index (χ0v) is 12.1. The molecule has 1 aliphatic heterocycles. The van der Waals surface area contributed by atoms with E-state index >= 15 is 0 Å². The average Bonchev–Trinajstić information content (AvgIpc) is 2.03. The number of hydrogen-bond donors (Lipinski definition) is 1. The summed E-state index contributed by atoms with van der Waals surface area (Å²) in [4.78, 5) is 2.51. The number of nitrogens with one attached hydrogen (secondary N) is 1. The van der Waals surface area contributed by atoms with Crippen LogP contribution in [-0.4, -0.2) is 43.0 Å². The highest BCUT2D eigenvalue weighted by Gasteiger charge is 2.07. The van der Waals surface area contributed by atoms with Crippen LogP contribution in [0.5, 0.6) is 0 Å². The Morgan fingerprint density at radius 2 is 1.75 bits per heavy atom. The molecule has 0 aromatic rings. The van der Waals surface area contributed by atoms with Gasteiger partial charge in [0.25, 0.3) is 0 Å². The summed E-state index contributed by atoms with van der Waals surface area (Å²) in [5.41, 5.74) is 0. The molecule has 1 aliphatic rings. The molecule has 0 unspecified atom stereocenters. The maximum atomic E-state index is 3.43. The Balaban J connectivity index is 0. The van der Waals surface area contributed by atoms with E-state index in [0.717, 1.165) is 5.33 Å². The lowest BCUT2D eigenvalue weighted by molar-refractivity contribution is 0.242. The molecule has 0 bridgehead atoms. The summed E-state index contributed by atoms with van der Waals surface area (Å²) in [6.45, 7) is 6.05. The summed E-state index contributed by atoms with van der Waals surface area (Å²) in [6.07, 6.45) is 1.28. The van der Waals surface area contributed by atoms with Crippen molar-refractivity contribution in [3.05, 3.63) is 0 Å². The molecular formula is C7H17Br3N2. The van der Waals surface area contributed by atoms with E-state index in [1.807, 2.05) is 0 Å². The van der Waals surface area contributed by atoms with Crippen molar-refractivity contribution in [2.75, 3.05) is 38.1 Å². The minimum atomic E-state index is 0. The second-order valence-electron chi connectivity index (χ2n) is 2.63. The molecule has 0 saturated carbocycles. The quantitative estimate of drug-likeness (QED) is 0.765. The third kappa shape index (κ3) is 6.83. The lowest BCUT2D eigenvalue weighted by Crippen LogP contribution is -2.43. The lowest BCUT2D eigenvalue weighted by Gasteiger charge is -2.26. The number of hydrogen-bond acceptors (Lipinski definition) is 2. The van der Waals surface area contributed by atoms with Crippen LogP contribution in [0.15, 0.2) is 0 Å². The van der Waals surface area contributed by atoms with Gasteiger partial charge in [-0.05, 0) is 13.0 Å². The van der Waals surface area contributed by atoms with Crippen LogP contribution in [0.4, 0.5) is 0 Å². The topological polar surface area (TPSA) is 15.3 Å². The van der Waals surface area contributed by atoms with Crippen molar-refractivity contribution >= 4 is 49.9 Å². The highest BCUT2D eigenvalue weighted by Crippen LogP contribution is 1.95. The van der Waals surface area contributed by atoms with Gasteiger partial charge in [-0.2, -0.15) is 0 Å². The van der Waals surface area contributed by atoms with Crippen LogP contribution < -0.4 is 5.32 Å². The fraction of sp³-hybridized carbons (Fsp3) is 1.00. The van der Waals surface area contributed by atoms with Crippen molar-refractivity contribution < 1.29 is 0 Å². The first kappa shape index (κ1) is 15.8. The highest BCUT2D eigenvalue weighted by atomic mass is 79.9. The second kappa shape index (κ2) is 10.4. The summed E-state index contributed by atoms with van der Waals surface area (Å²) in [5.74, 6) is 0. The van der Waals surface area contributed by atoms with E-state index in [9.17, 15) is 0 Å². The molecule has 0 aromatic heterocycles. The van der Waals surface area contributed by atoms with Crippen LogP contribution >= 0.6 is 49.9 Å². The highest BCUT2D eigenvalue weighted by molar-refractivity contribution is 9.09. The van der Waals surface area contributed by atoms with Crippen molar-refractivity contribution in [2.24, 2.45) is 0 Å². The predicted octanol–water partition coefficient (Wildman–Crippen LogP) is 1.83. The lowest BCUT2D eigenvalue weighted by atomic mass is 10.3. The van der Waals surface area contributed by atoms with Gasteiger partial charge >= 0.3 is 0 Å². The molecule has 12 heavy (non-hydrogen) atoms. The molecule has 0 aromatic carbocycles. The molecule has 76 valence electrons. The van der Waals surface area contributed by atoms with Gasteiger partial charge in [-0.1, -0.05) is 15.9 Å². The minimum absolute atomic E-state index is 0. The fourth-order valence-electron chi connectivity index (χ4n) is 1.22. The molecule has 1 heterocycles. The Labute approximate surface area is 104 Å². The first-order chi connectivity index (χ1) is 4.93. The van der Waals surface area contributed by atoms with Crippen LogP contribution in [0.2, 0.25) is 0 Å². The number of alkyl halides is 1. The van der Waals surface area contributed by atoms with Crippen molar-refractivity contribution in [2.45, 2.75) is 6.42 Å². The van der Waals surface area contributed by atoms with Gasteiger partial charge < -0.3 is 10.2 Å². The standard InChI is InChI=1S/C7H15BrN2.2BrH/c8-2-1-5-10-6-3-9-4-7-10;;/h9H,1-7H2;2*1H. The Kier molecular flexibility index (Phi) is 13.8. The summed E-state index contributed by atoms with van der Waals surface area (Å²) >= 11 is 3.43. The van der Waals surface area contributed by atoms with Gasteiger partial charge in [-0.15, -0.1) is 34.0 Å². The van der Waals surface area contributed by atoms with E-state index in [-0.39, 0.29) is 34.0 Å². The van der Waals surface area contributed by atoms with Gasteiger partial charge in [0, 0.05) is 31.5 Å². The van der Waals surface area contributed by atoms with Crippen molar-refractivity contribution in [3.8, 4) is 0 Å². The zero-order chi connectivity index (χ0) is 7.23. The van der Waals surface area contributed by atoms with Crippen LogP contribution in [0, 0.1) is 0 Å². The number of halogens is 3. The van der Waals surface area contributed by atoms with E-state index < -0.39 is 0 Å². The summed E-state index contributed by atoms with van der Waals surface area (Å²) in [7, 11) is 0. The van der Waals surface area contributed by atoms with E-state index in [0.29, 0.717) is 0 Å². The molecule has 0 aliphatic carbocycles. The molecule has 5 heteroatoms. The third-order valence-corrected chi connectivity index (χ3v) is 2.38. The first-order valence-electron chi connectivity index (χ1n) is 3.92. The van der Waals surface area contributed by atoms with Gasteiger partial charge in [0.15, 0.2) is 0 Å². The van der Waals surface area contributed by atoms with Crippen LogP contribution in [-0.2, 0) is 0 Å².